The van der Waals surface area contributed by atoms with Crippen LogP contribution in [-0.2, 0) is 65.4 Å². The Balaban J connectivity index is 5.29. The monoisotopic (exact) mass is 1430 g/mol. The van der Waals surface area contributed by atoms with E-state index >= 15 is 0 Å². The zero-order chi connectivity index (χ0) is 71.8. The third kappa shape index (κ3) is 71.9. The van der Waals surface area contributed by atoms with Gasteiger partial charge in [0.05, 0.1) is 26.4 Å². The molecule has 17 nitrogen and oxygen atoms in total. The molecule has 0 spiro atoms. The van der Waals surface area contributed by atoms with Crippen molar-refractivity contribution < 1.29 is 80.2 Å². The maximum absolute atomic E-state index is 13.1. The van der Waals surface area contributed by atoms with Crippen LogP contribution in [0.25, 0.3) is 0 Å². The van der Waals surface area contributed by atoms with E-state index in [4.69, 9.17) is 37.0 Å². The van der Waals surface area contributed by atoms with Gasteiger partial charge in [-0.15, -0.1) is 0 Å². The smallest absolute Gasteiger partial charge is 0.462 e. The summed E-state index contributed by atoms with van der Waals surface area (Å²) in [5.74, 6) is -2.13. The van der Waals surface area contributed by atoms with Crippen molar-refractivity contribution in [3.8, 4) is 0 Å². The molecule has 0 rings (SSSR count). The SMILES string of the molecule is CCCCCC/C=C\CCCCCCCCCC(=O)OC[C@H](COP(=O)(O)OC[C@H](O)COP(=O)(O)OC[C@@H](COC(=O)CCCCCCC/C=C\CCCCCCCC)OC(=O)CCCCCCCCCCCCCCC)OC(=O)CCCCCCCCCCCCCCCCC. The number of aliphatic hydroxyl groups is 1. The Morgan fingerprint density at radius 1 is 0.276 bits per heavy atom. The molecule has 0 aromatic rings. The number of aliphatic hydroxyl groups excluding tert-OH is 1. The van der Waals surface area contributed by atoms with Gasteiger partial charge in [-0.25, -0.2) is 9.13 Å². The minimum atomic E-state index is -4.96. The Bertz CT molecular complexity index is 1950. The number of hydrogen-bond acceptors (Lipinski definition) is 15. The summed E-state index contributed by atoms with van der Waals surface area (Å²) in [5.41, 5.74) is 0. The lowest BCUT2D eigenvalue weighted by Gasteiger charge is -2.21. The summed E-state index contributed by atoms with van der Waals surface area (Å²) in [7, 11) is -9.93. The molecule has 5 atom stereocenters. The summed E-state index contributed by atoms with van der Waals surface area (Å²) in [6.07, 6.45) is 67.2. The number of esters is 4. The second kappa shape index (κ2) is 72.9. The molecule has 2 unspecified atom stereocenters. The molecule has 0 aromatic carbocycles. The van der Waals surface area contributed by atoms with Crippen LogP contribution in [0.3, 0.4) is 0 Å². The Morgan fingerprint density at radius 3 is 0.714 bits per heavy atom. The summed E-state index contributed by atoms with van der Waals surface area (Å²) < 4.78 is 68.6. The third-order valence-electron chi connectivity index (χ3n) is 17.9. The molecular formula is C79H150O17P2. The van der Waals surface area contributed by atoms with Crippen molar-refractivity contribution in [1.29, 1.82) is 0 Å². The average Bonchev–Trinajstić information content (AvgIpc) is 1.04. The molecule has 0 saturated heterocycles. The minimum absolute atomic E-state index is 0.103. The molecule has 3 N–H and O–H groups in total. The van der Waals surface area contributed by atoms with Crippen molar-refractivity contribution in [3.05, 3.63) is 24.3 Å². The van der Waals surface area contributed by atoms with Gasteiger partial charge in [-0.1, -0.05) is 322 Å². The molecule has 0 saturated carbocycles. The van der Waals surface area contributed by atoms with Crippen molar-refractivity contribution in [3.63, 3.8) is 0 Å². The molecule has 578 valence electrons. The van der Waals surface area contributed by atoms with E-state index in [1.54, 1.807) is 0 Å². The second-order valence-electron chi connectivity index (χ2n) is 27.7. The van der Waals surface area contributed by atoms with Crippen LogP contribution in [0.1, 0.15) is 400 Å². The molecule has 98 heavy (non-hydrogen) atoms. The minimum Gasteiger partial charge on any atom is -0.462 e. The van der Waals surface area contributed by atoms with Crippen LogP contribution in [0, 0.1) is 0 Å². The number of unbranched alkanes of at least 4 members (excludes halogenated alkanes) is 48. The molecule has 0 aliphatic carbocycles. The van der Waals surface area contributed by atoms with Gasteiger partial charge in [-0.05, 0) is 77.0 Å². The largest absolute Gasteiger partial charge is 0.472 e. The van der Waals surface area contributed by atoms with Crippen molar-refractivity contribution in [2.45, 2.75) is 418 Å². The van der Waals surface area contributed by atoms with Gasteiger partial charge in [-0.2, -0.15) is 0 Å². The van der Waals surface area contributed by atoms with Gasteiger partial charge >= 0.3 is 39.5 Å². The Kier molecular flexibility index (Phi) is 71.0. The third-order valence-corrected chi connectivity index (χ3v) is 19.8. The molecule has 0 amide bonds. The summed E-state index contributed by atoms with van der Waals surface area (Å²) in [6.45, 7) is 4.96. The van der Waals surface area contributed by atoms with Gasteiger partial charge in [0, 0.05) is 25.7 Å². The van der Waals surface area contributed by atoms with E-state index in [0.29, 0.717) is 25.7 Å². The van der Waals surface area contributed by atoms with Gasteiger partial charge in [0.25, 0.3) is 0 Å². The fourth-order valence-corrected chi connectivity index (χ4v) is 13.3. The number of carbonyl (C=O) groups excluding carboxylic acids is 4. The lowest BCUT2D eigenvalue weighted by molar-refractivity contribution is -0.161. The molecular weight excluding hydrogens is 1280 g/mol. The normalized spacial score (nSPS) is 14.0. The van der Waals surface area contributed by atoms with Crippen molar-refractivity contribution in [2.24, 2.45) is 0 Å². The van der Waals surface area contributed by atoms with Crippen LogP contribution < -0.4 is 0 Å². The number of ether oxygens (including phenoxy) is 4. The van der Waals surface area contributed by atoms with Gasteiger partial charge in [0.15, 0.2) is 12.2 Å². The molecule has 0 heterocycles. The number of phosphoric ester groups is 2. The van der Waals surface area contributed by atoms with E-state index in [1.165, 1.54) is 193 Å². The van der Waals surface area contributed by atoms with Gasteiger partial charge in [-0.3, -0.25) is 37.3 Å². The number of hydrogen-bond donors (Lipinski definition) is 3. The Hall–Kier alpha value is -2.46. The zero-order valence-electron chi connectivity index (χ0n) is 63.2. The number of phosphoric acid groups is 2. The summed E-state index contributed by atoms with van der Waals surface area (Å²) >= 11 is 0. The van der Waals surface area contributed by atoms with Crippen molar-refractivity contribution in [2.75, 3.05) is 39.6 Å². The van der Waals surface area contributed by atoms with Crippen molar-refractivity contribution in [1.82, 2.24) is 0 Å². The zero-order valence-corrected chi connectivity index (χ0v) is 65.0. The van der Waals surface area contributed by atoms with E-state index in [1.807, 2.05) is 0 Å². The maximum Gasteiger partial charge on any atom is 0.472 e. The van der Waals surface area contributed by atoms with Crippen LogP contribution in [0.2, 0.25) is 0 Å². The molecule has 0 aliphatic rings. The topological polar surface area (TPSA) is 237 Å². The summed E-state index contributed by atoms with van der Waals surface area (Å²) in [4.78, 5) is 73.0. The highest BCUT2D eigenvalue weighted by atomic mass is 31.2. The highest BCUT2D eigenvalue weighted by molar-refractivity contribution is 7.47. The molecule has 0 bridgehead atoms. The van der Waals surface area contributed by atoms with E-state index in [9.17, 15) is 43.2 Å². The first-order chi connectivity index (χ1) is 47.7. The first-order valence-electron chi connectivity index (χ1n) is 40.6. The van der Waals surface area contributed by atoms with Crippen LogP contribution in [0.5, 0.6) is 0 Å². The lowest BCUT2D eigenvalue weighted by atomic mass is 10.0. The van der Waals surface area contributed by atoms with E-state index in [-0.39, 0.29) is 25.7 Å². The van der Waals surface area contributed by atoms with E-state index in [2.05, 4.69) is 52.0 Å². The van der Waals surface area contributed by atoms with Gasteiger partial charge < -0.3 is 33.8 Å². The highest BCUT2D eigenvalue weighted by Gasteiger charge is 2.30. The van der Waals surface area contributed by atoms with Crippen LogP contribution in [0.4, 0.5) is 0 Å². The molecule has 0 aromatic heterocycles. The average molecular weight is 1430 g/mol. The van der Waals surface area contributed by atoms with Crippen LogP contribution >= 0.6 is 15.6 Å². The number of rotatable bonds is 78. The Morgan fingerprint density at radius 2 is 0.469 bits per heavy atom. The highest BCUT2D eigenvalue weighted by Crippen LogP contribution is 2.45. The Labute approximate surface area is 599 Å². The first kappa shape index (κ1) is 95.5. The summed E-state index contributed by atoms with van der Waals surface area (Å²) in [6, 6.07) is 0. The van der Waals surface area contributed by atoms with E-state index < -0.39 is 97.5 Å². The molecule has 0 radical (unpaired) electrons. The standard InChI is InChI=1S/C79H150O17P2/c1-5-9-13-17-21-25-29-33-36-40-43-47-51-55-59-63-76(81)89-69-74(95-78(83)65-61-57-53-49-45-39-32-28-24-20-16-12-8-4)71-93-97(85,86)91-67-73(80)68-92-98(87,88)94-72-75(96-79(84)66-62-58-54-50-46-42-38-35-31-27-23-19-15-11-7-3)70-90-77(82)64-60-56-52-48-44-41-37-34-30-26-22-18-14-10-6-2/h26,30,33,36,73-75,80H,5-25,27-29,31-32,34-35,37-72H2,1-4H3,(H,85,86)(H,87,88)/b30-26-,36-33-/t73-,74-,75-/m1/s1. The molecule has 0 aliphatic heterocycles. The van der Waals surface area contributed by atoms with Gasteiger partial charge in [0.2, 0.25) is 0 Å². The van der Waals surface area contributed by atoms with Crippen molar-refractivity contribution >= 4 is 39.5 Å². The number of carbonyl (C=O) groups is 4. The maximum atomic E-state index is 13.1. The summed E-state index contributed by atoms with van der Waals surface area (Å²) in [5, 5.41) is 10.6. The van der Waals surface area contributed by atoms with Crippen LogP contribution in [-0.4, -0.2) is 96.7 Å². The predicted octanol–water partition coefficient (Wildman–Crippen LogP) is 23.3. The van der Waals surface area contributed by atoms with Crippen LogP contribution in [0.15, 0.2) is 24.3 Å². The fraction of sp³-hybridized carbons (Fsp3) is 0.899. The second-order valence-corrected chi connectivity index (χ2v) is 30.6. The quantitative estimate of drug-likeness (QED) is 0.0169. The molecule has 0 fully saturated rings. The van der Waals surface area contributed by atoms with Gasteiger partial charge in [0.1, 0.15) is 19.3 Å². The lowest BCUT2D eigenvalue weighted by Crippen LogP contribution is -2.30. The predicted molar refractivity (Wildman–Crippen MR) is 400 cm³/mol. The van der Waals surface area contributed by atoms with E-state index in [0.717, 1.165) is 128 Å². The fourth-order valence-electron chi connectivity index (χ4n) is 11.7. The molecule has 19 heteroatoms. The number of allylic oxidation sites excluding steroid dienone is 4. The first-order valence-corrected chi connectivity index (χ1v) is 43.6.